The van der Waals surface area contributed by atoms with Gasteiger partial charge >= 0.3 is 0 Å². The summed E-state index contributed by atoms with van der Waals surface area (Å²) in [5, 5.41) is 4.09. The number of rotatable bonds is 11. The molecule has 0 aliphatic rings. The summed E-state index contributed by atoms with van der Waals surface area (Å²) < 4.78 is 14.0. The van der Waals surface area contributed by atoms with Crippen molar-refractivity contribution in [3.05, 3.63) is 68.4 Å². The number of hydrogen-bond donors (Lipinski definition) is 1. The second-order valence-electron chi connectivity index (χ2n) is 7.17. The number of carbonyl (C=O) groups excluding carboxylic acids is 2. The standard InChI is InChI=1S/C23H26Cl3FN2O2S/c1-3-10-28-23(31)21(4-2)29(12-15-8-9-16(24)11-19(15)26)22(30)14-32-13-17-18(25)6-5-7-20(17)27/h5-9,11,21H,3-4,10,12-14H2,1-2H3,(H,28,31)/t21-/m0/s1. The quantitative estimate of drug-likeness (QED) is 0.376. The van der Waals surface area contributed by atoms with E-state index in [1.165, 1.54) is 28.8 Å². The van der Waals surface area contributed by atoms with Gasteiger partial charge in [-0.1, -0.05) is 60.8 Å². The number of hydrogen-bond acceptors (Lipinski definition) is 3. The van der Waals surface area contributed by atoms with Crippen LogP contribution in [0.2, 0.25) is 15.1 Å². The Bertz CT molecular complexity index is 925. The van der Waals surface area contributed by atoms with Crippen LogP contribution in [0.1, 0.15) is 37.8 Å². The van der Waals surface area contributed by atoms with Crippen molar-refractivity contribution in [2.24, 2.45) is 0 Å². The van der Waals surface area contributed by atoms with Gasteiger partial charge in [0.2, 0.25) is 11.8 Å². The van der Waals surface area contributed by atoms with Crippen molar-refractivity contribution in [2.75, 3.05) is 12.3 Å². The van der Waals surface area contributed by atoms with E-state index in [1.807, 2.05) is 13.8 Å². The zero-order valence-corrected chi connectivity index (χ0v) is 21.1. The lowest BCUT2D eigenvalue weighted by molar-refractivity contribution is -0.139. The van der Waals surface area contributed by atoms with Gasteiger partial charge in [0.05, 0.1) is 5.75 Å². The fraction of sp³-hybridized carbons (Fsp3) is 0.391. The van der Waals surface area contributed by atoms with Gasteiger partial charge in [-0.05, 0) is 42.7 Å². The molecule has 0 saturated heterocycles. The molecule has 0 spiro atoms. The largest absolute Gasteiger partial charge is 0.354 e. The molecule has 1 N–H and O–H groups in total. The van der Waals surface area contributed by atoms with E-state index >= 15 is 0 Å². The van der Waals surface area contributed by atoms with E-state index < -0.39 is 11.9 Å². The molecule has 2 amide bonds. The molecule has 0 unspecified atom stereocenters. The van der Waals surface area contributed by atoms with Gasteiger partial charge in [0.25, 0.3) is 0 Å². The Morgan fingerprint density at radius 1 is 1.12 bits per heavy atom. The minimum absolute atomic E-state index is 0.0629. The molecule has 0 fully saturated rings. The highest BCUT2D eigenvalue weighted by molar-refractivity contribution is 7.99. The van der Waals surface area contributed by atoms with Crippen molar-refractivity contribution in [1.29, 1.82) is 0 Å². The molecule has 0 saturated carbocycles. The van der Waals surface area contributed by atoms with Crippen molar-refractivity contribution in [3.8, 4) is 0 Å². The molecule has 0 aromatic heterocycles. The van der Waals surface area contributed by atoms with Gasteiger partial charge < -0.3 is 10.2 Å². The van der Waals surface area contributed by atoms with Crippen molar-refractivity contribution in [3.63, 3.8) is 0 Å². The average molecular weight is 520 g/mol. The Labute approximate surface area is 207 Å². The van der Waals surface area contributed by atoms with Crippen LogP contribution in [-0.2, 0) is 21.9 Å². The number of amides is 2. The van der Waals surface area contributed by atoms with Gasteiger partial charge in [0.1, 0.15) is 11.9 Å². The Kier molecular flexibility index (Phi) is 11.1. The molecule has 0 radical (unpaired) electrons. The van der Waals surface area contributed by atoms with Gasteiger partial charge in [0.15, 0.2) is 0 Å². The van der Waals surface area contributed by atoms with Crippen LogP contribution in [0.15, 0.2) is 36.4 Å². The van der Waals surface area contributed by atoms with E-state index in [2.05, 4.69) is 5.32 Å². The monoisotopic (exact) mass is 518 g/mol. The lowest BCUT2D eigenvalue weighted by Gasteiger charge is -2.31. The predicted octanol–water partition coefficient (Wildman–Crippen LogP) is 6.35. The summed E-state index contributed by atoms with van der Waals surface area (Å²) >= 11 is 19.6. The van der Waals surface area contributed by atoms with Crippen molar-refractivity contribution in [1.82, 2.24) is 10.2 Å². The summed E-state index contributed by atoms with van der Waals surface area (Å²) in [4.78, 5) is 27.5. The molecule has 2 aromatic rings. The number of halogens is 4. The molecule has 0 heterocycles. The molecule has 32 heavy (non-hydrogen) atoms. The van der Waals surface area contributed by atoms with Crippen LogP contribution < -0.4 is 5.32 Å². The van der Waals surface area contributed by atoms with Crippen LogP contribution in [0, 0.1) is 5.82 Å². The third kappa shape index (κ3) is 7.55. The van der Waals surface area contributed by atoms with E-state index in [1.54, 1.807) is 24.3 Å². The average Bonchev–Trinajstić information content (AvgIpc) is 2.75. The van der Waals surface area contributed by atoms with Gasteiger partial charge in [0, 0.05) is 39.5 Å². The minimum Gasteiger partial charge on any atom is -0.354 e. The van der Waals surface area contributed by atoms with Crippen molar-refractivity contribution >= 4 is 58.4 Å². The molecule has 2 rings (SSSR count). The normalized spacial score (nSPS) is 11.8. The topological polar surface area (TPSA) is 49.4 Å². The van der Waals surface area contributed by atoms with Gasteiger partial charge in [-0.15, -0.1) is 11.8 Å². The van der Waals surface area contributed by atoms with E-state index in [4.69, 9.17) is 34.8 Å². The molecule has 4 nitrogen and oxygen atoms in total. The summed E-state index contributed by atoms with van der Waals surface area (Å²) in [7, 11) is 0. The van der Waals surface area contributed by atoms with Crippen LogP contribution >= 0.6 is 46.6 Å². The van der Waals surface area contributed by atoms with E-state index in [-0.39, 0.29) is 29.9 Å². The van der Waals surface area contributed by atoms with Crippen LogP contribution in [-0.4, -0.2) is 35.1 Å². The van der Waals surface area contributed by atoms with Crippen LogP contribution in [0.5, 0.6) is 0 Å². The van der Waals surface area contributed by atoms with Gasteiger partial charge in [-0.2, -0.15) is 0 Å². The lowest BCUT2D eigenvalue weighted by atomic mass is 10.1. The van der Waals surface area contributed by atoms with Crippen molar-refractivity contribution < 1.29 is 14.0 Å². The highest BCUT2D eigenvalue weighted by Crippen LogP contribution is 2.26. The summed E-state index contributed by atoms with van der Waals surface area (Å²) in [6.45, 7) is 4.50. The Morgan fingerprint density at radius 2 is 1.88 bits per heavy atom. The first-order valence-corrected chi connectivity index (χ1v) is 12.6. The summed E-state index contributed by atoms with van der Waals surface area (Å²) in [5.41, 5.74) is 1.04. The van der Waals surface area contributed by atoms with Gasteiger partial charge in [-0.25, -0.2) is 4.39 Å². The maximum Gasteiger partial charge on any atom is 0.242 e. The minimum atomic E-state index is -0.654. The first kappa shape index (κ1) is 26.8. The molecule has 1 atom stereocenters. The number of thioether (sulfide) groups is 1. The highest BCUT2D eigenvalue weighted by Gasteiger charge is 2.29. The fourth-order valence-electron chi connectivity index (χ4n) is 3.11. The molecule has 2 aromatic carbocycles. The maximum absolute atomic E-state index is 14.0. The smallest absolute Gasteiger partial charge is 0.242 e. The summed E-state index contributed by atoms with van der Waals surface area (Å²) in [5.74, 6) is -0.562. The van der Waals surface area contributed by atoms with E-state index in [0.29, 0.717) is 39.2 Å². The zero-order chi connectivity index (χ0) is 23.7. The van der Waals surface area contributed by atoms with Crippen LogP contribution in [0.3, 0.4) is 0 Å². The third-order valence-electron chi connectivity index (χ3n) is 4.82. The first-order valence-electron chi connectivity index (χ1n) is 10.3. The van der Waals surface area contributed by atoms with E-state index in [9.17, 15) is 14.0 Å². The number of nitrogens with one attached hydrogen (secondary N) is 1. The number of nitrogens with zero attached hydrogens (tertiary/aromatic N) is 1. The third-order valence-corrected chi connectivity index (χ3v) is 6.71. The molecule has 0 aliphatic carbocycles. The van der Waals surface area contributed by atoms with Crippen LogP contribution in [0.4, 0.5) is 4.39 Å². The summed E-state index contributed by atoms with van der Waals surface area (Å²) in [6, 6.07) is 8.88. The second-order valence-corrected chi connectivity index (χ2v) is 9.40. The summed E-state index contributed by atoms with van der Waals surface area (Å²) in [6.07, 6.45) is 1.23. The Balaban J connectivity index is 2.19. The Morgan fingerprint density at radius 3 is 2.50 bits per heavy atom. The molecule has 0 aliphatic heterocycles. The number of carbonyl (C=O) groups is 2. The highest BCUT2D eigenvalue weighted by atomic mass is 35.5. The predicted molar refractivity (Wildman–Crippen MR) is 132 cm³/mol. The fourth-order valence-corrected chi connectivity index (χ4v) is 4.83. The van der Waals surface area contributed by atoms with Gasteiger partial charge in [-0.3, -0.25) is 9.59 Å². The SMILES string of the molecule is CCCNC(=O)[C@H](CC)N(Cc1ccc(Cl)cc1Cl)C(=O)CSCc1c(F)cccc1Cl. The number of benzene rings is 2. The first-order chi connectivity index (χ1) is 15.3. The molecular formula is C23H26Cl3FN2O2S. The lowest BCUT2D eigenvalue weighted by Crippen LogP contribution is -2.49. The van der Waals surface area contributed by atoms with Crippen molar-refractivity contribution in [2.45, 2.75) is 45.0 Å². The molecular weight excluding hydrogens is 494 g/mol. The van der Waals surface area contributed by atoms with E-state index in [0.717, 1.165) is 6.42 Å². The Hall–Kier alpha value is -1.47. The second kappa shape index (κ2) is 13.3. The maximum atomic E-state index is 14.0. The van der Waals surface area contributed by atoms with Crippen LogP contribution in [0.25, 0.3) is 0 Å². The molecule has 0 bridgehead atoms. The zero-order valence-electron chi connectivity index (χ0n) is 18.0. The molecule has 9 heteroatoms. The molecule has 174 valence electrons.